The zero-order valence-corrected chi connectivity index (χ0v) is 6.47. The van der Waals surface area contributed by atoms with E-state index in [2.05, 4.69) is 4.13 Å². The van der Waals surface area contributed by atoms with Crippen LogP contribution in [0.25, 0.3) is 0 Å². The minimum Gasteiger partial charge on any atom is -0.212 e. The monoisotopic (exact) mass is 155 g/mol. The Hall–Kier alpha value is 0.260. The van der Waals surface area contributed by atoms with Crippen molar-refractivity contribution >= 4 is 22.0 Å². The van der Waals surface area contributed by atoms with E-state index >= 15 is 0 Å². The number of sulfonamides is 1. The van der Waals surface area contributed by atoms with E-state index in [9.17, 15) is 8.42 Å². The first-order chi connectivity index (χ1) is 3.56. The highest BCUT2D eigenvalue weighted by molar-refractivity contribution is 8.08. The third-order valence-electron chi connectivity index (χ3n) is 0.355. The summed E-state index contributed by atoms with van der Waals surface area (Å²) in [5.74, 6) is 0.757. The molecular formula is C3H9NO2S2. The van der Waals surface area contributed by atoms with Gasteiger partial charge < -0.3 is 0 Å². The molecule has 0 aliphatic rings. The molecule has 0 unspecified atom stereocenters. The summed E-state index contributed by atoms with van der Waals surface area (Å²) in [5, 5.41) is 0. The molecule has 3 nitrogen and oxygen atoms in total. The topological polar surface area (TPSA) is 46.2 Å². The summed E-state index contributed by atoms with van der Waals surface area (Å²) < 4.78 is 22.8. The van der Waals surface area contributed by atoms with E-state index in [1.807, 2.05) is 6.92 Å². The highest BCUT2D eigenvalue weighted by Crippen LogP contribution is 1.92. The van der Waals surface area contributed by atoms with Gasteiger partial charge in [0.25, 0.3) is 0 Å². The van der Waals surface area contributed by atoms with Crippen LogP contribution < -0.4 is 4.13 Å². The Bertz CT molecular complexity index is 139. The summed E-state index contributed by atoms with van der Waals surface area (Å²) in [6.07, 6.45) is 1.13. The van der Waals surface area contributed by atoms with E-state index in [0.717, 1.165) is 12.0 Å². The molecule has 1 N–H and O–H groups in total. The number of hydrogen-bond acceptors (Lipinski definition) is 3. The van der Waals surface area contributed by atoms with Gasteiger partial charge in [0.05, 0.1) is 6.26 Å². The van der Waals surface area contributed by atoms with Gasteiger partial charge >= 0.3 is 0 Å². The highest BCUT2D eigenvalue weighted by Gasteiger charge is 1.95. The Balaban J connectivity index is 3.42. The molecule has 0 bridgehead atoms. The van der Waals surface area contributed by atoms with Gasteiger partial charge in [-0.25, -0.2) is 8.42 Å². The normalized spacial score (nSPS) is 11.8. The second-order valence-electron chi connectivity index (χ2n) is 1.29. The Morgan fingerprint density at radius 2 is 2.12 bits per heavy atom. The van der Waals surface area contributed by atoms with Crippen molar-refractivity contribution in [3.05, 3.63) is 0 Å². The van der Waals surface area contributed by atoms with Gasteiger partial charge in [-0.3, -0.25) is 0 Å². The van der Waals surface area contributed by atoms with Gasteiger partial charge in [0.15, 0.2) is 0 Å². The van der Waals surface area contributed by atoms with Crippen LogP contribution in [0.2, 0.25) is 0 Å². The van der Waals surface area contributed by atoms with Crippen LogP contribution in [0.1, 0.15) is 6.92 Å². The van der Waals surface area contributed by atoms with Gasteiger partial charge in [-0.1, -0.05) is 18.9 Å². The van der Waals surface area contributed by atoms with Crippen molar-refractivity contribution in [3.63, 3.8) is 0 Å². The average Bonchev–Trinajstić information content (AvgIpc) is 1.59. The largest absolute Gasteiger partial charge is 0.217 e. The van der Waals surface area contributed by atoms with E-state index in [0.29, 0.717) is 0 Å². The maximum Gasteiger partial charge on any atom is 0.217 e. The van der Waals surface area contributed by atoms with Crippen LogP contribution in [0.15, 0.2) is 0 Å². The van der Waals surface area contributed by atoms with Crippen molar-refractivity contribution < 1.29 is 8.42 Å². The molecular weight excluding hydrogens is 146 g/mol. The van der Waals surface area contributed by atoms with Crippen LogP contribution in [-0.4, -0.2) is 20.4 Å². The van der Waals surface area contributed by atoms with Crippen LogP contribution in [-0.2, 0) is 10.0 Å². The molecule has 0 aromatic rings. The lowest BCUT2D eigenvalue weighted by Crippen LogP contribution is -2.13. The van der Waals surface area contributed by atoms with Gasteiger partial charge in [0.1, 0.15) is 0 Å². The first-order valence-corrected chi connectivity index (χ1v) is 5.02. The Labute approximate surface area is 54.0 Å². The van der Waals surface area contributed by atoms with Crippen molar-refractivity contribution in [3.8, 4) is 0 Å². The molecule has 0 aromatic heterocycles. The van der Waals surface area contributed by atoms with Crippen molar-refractivity contribution in [1.82, 2.24) is 4.13 Å². The minimum absolute atomic E-state index is 0.757. The van der Waals surface area contributed by atoms with E-state index in [1.54, 1.807) is 0 Å². The second kappa shape index (κ2) is 3.32. The van der Waals surface area contributed by atoms with E-state index < -0.39 is 10.0 Å². The average molecular weight is 155 g/mol. The first-order valence-electron chi connectivity index (χ1n) is 2.15. The Morgan fingerprint density at radius 3 is 2.25 bits per heavy atom. The number of hydrogen-bond donors (Lipinski definition) is 1. The van der Waals surface area contributed by atoms with E-state index in [-0.39, 0.29) is 0 Å². The summed E-state index contributed by atoms with van der Waals surface area (Å²) in [6.45, 7) is 1.88. The first kappa shape index (κ1) is 8.26. The van der Waals surface area contributed by atoms with Gasteiger partial charge in [0.2, 0.25) is 10.0 Å². The van der Waals surface area contributed by atoms with Crippen molar-refractivity contribution in [2.45, 2.75) is 6.92 Å². The van der Waals surface area contributed by atoms with Crippen LogP contribution >= 0.6 is 11.9 Å². The number of rotatable bonds is 3. The predicted octanol–water partition coefficient (Wildman–Crippen LogP) is 0.204. The maximum absolute atomic E-state index is 10.3. The molecule has 0 fully saturated rings. The fourth-order valence-electron chi connectivity index (χ4n) is 0.166. The molecule has 0 atom stereocenters. The predicted molar refractivity (Wildman–Crippen MR) is 36.1 cm³/mol. The Kier molecular flexibility index (Phi) is 3.43. The minimum atomic E-state index is -2.97. The summed E-state index contributed by atoms with van der Waals surface area (Å²) >= 11 is 1.18. The quantitative estimate of drug-likeness (QED) is 0.592. The van der Waals surface area contributed by atoms with Gasteiger partial charge in [-0.15, -0.1) is 0 Å². The lowest BCUT2D eigenvalue weighted by Gasteiger charge is -1.94. The van der Waals surface area contributed by atoms with Crippen molar-refractivity contribution in [2.24, 2.45) is 0 Å². The third-order valence-corrected chi connectivity index (χ3v) is 2.33. The maximum atomic E-state index is 10.3. The van der Waals surface area contributed by atoms with Gasteiger partial charge in [-0.05, 0) is 0 Å². The zero-order valence-electron chi connectivity index (χ0n) is 4.84. The highest BCUT2D eigenvalue weighted by atomic mass is 32.3. The molecule has 0 saturated carbocycles. The molecule has 50 valence electrons. The molecule has 0 spiro atoms. The van der Waals surface area contributed by atoms with E-state index in [4.69, 9.17) is 0 Å². The number of nitrogens with one attached hydrogen (secondary N) is 1. The lowest BCUT2D eigenvalue weighted by molar-refractivity contribution is 0.600. The molecule has 0 heterocycles. The molecule has 0 aromatic carbocycles. The molecule has 0 aliphatic carbocycles. The fraction of sp³-hybridized carbons (Fsp3) is 1.00. The van der Waals surface area contributed by atoms with Crippen LogP contribution in [0.5, 0.6) is 0 Å². The lowest BCUT2D eigenvalue weighted by atomic mass is 11.0. The molecule has 5 heteroatoms. The second-order valence-corrected chi connectivity index (χ2v) is 4.37. The summed E-state index contributed by atoms with van der Waals surface area (Å²) in [5.41, 5.74) is 0. The molecule has 0 aliphatic heterocycles. The van der Waals surface area contributed by atoms with Crippen molar-refractivity contribution in [2.75, 3.05) is 12.0 Å². The molecule has 0 amide bonds. The summed E-state index contributed by atoms with van der Waals surface area (Å²) in [6, 6.07) is 0. The standard InChI is InChI=1S/C3H9NO2S2/c1-3-7-4-8(2,5)6/h4H,3H2,1-2H3. The Morgan fingerprint density at radius 1 is 1.62 bits per heavy atom. The molecule has 0 radical (unpaired) electrons. The molecule has 0 rings (SSSR count). The van der Waals surface area contributed by atoms with Crippen LogP contribution in [0.3, 0.4) is 0 Å². The van der Waals surface area contributed by atoms with Gasteiger partial charge in [0, 0.05) is 5.75 Å². The zero-order chi connectivity index (χ0) is 6.62. The van der Waals surface area contributed by atoms with Crippen LogP contribution in [0, 0.1) is 0 Å². The van der Waals surface area contributed by atoms with E-state index in [1.165, 1.54) is 11.9 Å². The van der Waals surface area contributed by atoms with Crippen molar-refractivity contribution in [1.29, 1.82) is 0 Å². The van der Waals surface area contributed by atoms with Gasteiger partial charge in [-0.2, -0.15) is 4.13 Å². The smallest absolute Gasteiger partial charge is 0.212 e. The fourth-order valence-corrected chi connectivity index (χ4v) is 1.49. The molecule has 8 heavy (non-hydrogen) atoms. The SMILES string of the molecule is CCSNS(C)(=O)=O. The molecule has 0 saturated heterocycles. The third kappa shape index (κ3) is 6.26. The summed E-state index contributed by atoms with van der Waals surface area (Å²) in [7, 11) is -2.97. The van der Waals surface area contributed by atoms with Crippen LogP contribution in [0.4, 0.5) is 0 Å². The summed E-state index contributed by atoms with van der Waals surface area (Å²) in [4.78, 5) is 0.